The van der Waals surface area contributed by atoms with Gasteiger partial charge in [0.2, 0.25) is 0 Å². The fraction of sp³-hybridized carbons (Fsp3) is 0.381. The van der Waals surface area contributed by atoms with Crippen molar-refractivity contribution in [2.24, 2.45) is 10.9 Å². The van der Waals surface area contributed by atoms with Gasteiger partial charge in [-0.1, -0.05) is 24.3 Å². The van der Waals surface area contributed by atoms with Crippen LogP contribution in [-0.4, -0.2) is 37.8 Å². The maximum Gasteiger partial charge on any atom is 0.0872 e. The monoisotopic (exact) mass is 319 g/mol. The fourth-order valence-electron chi connectivity index (χ4n) is 3.90. The van der Waals surface area contributed by atoms with Crippen LogP contribution < -0.4 is 4.90 Å². The maximum atomic E-state index is 5.20. The molecule has 2 aromatic rings. The lowest BCUT2D eigenvalue weighted by Crippen LogP contribution is -2.34. The molecule has 2 aromatic carbocycles. The Hall–Kier alpha value is -2.13. The molecule has 0 spiro atoms. The number of aliphatic imine (C=N–C) groups is 1. The van der Waals surface area contributed by atoms with Crippen LogP contribution in [0.1, 0.15) is 24.0 Å². The number of aryl methyl sites for hydroxylation is 1. The second-order valence-corrected chi connectivity index (χ2v) is 7.14. The summed E-state index contributed by atoms with van der Waals surface area (Å²) in [6.45, 7) is 4.45. The number of benzene rings is 2. The molecule has 24 heavy (non-hydrogen) atoms. The normalized spacial score (nSPS) is 18.6. The van der Waals surface area contributed by atoms with Gasteiger partial charge in [-0.05, 0) is 63.7 Å². The van der Waals surface area contributed by atoms with Crippen LogP contribution in [0.15, 0.2) is 47.5 Å². The lowest BCUT2D eigenvalue weighted by atomic mass is 9.87. The topological polar surface area (TPSA) is 18.8 Å². The van der Waals surface area contributed by atoms with E-state index in [4.69, 9.17) is 4.99 Å². The van der Waals surface area contributed by atoms with Gasteiger partial charge in [0.1, 0.15) is 0 Å². The lowest BCUT2D eigenvalue weighted by Gasteiger charge is -2.30. The van der Waals surface area contributed by atoms with Gasteiger partial charge in [0.15, 0.2) is 0 Å². The van der Waals surface area contributed by atoms with Crippen molar-refractivity contribution in [2.45, 2.75) is 19.8 Å². The minimum atomic E-state index is 0.544. The molecular weight excluding hydrogens is 294 g/mol. The van der Waals surface area contributed by atoms with Gasteiger partial charge in [-0.3, -0.25) is 4.99 Å². The average molecular weight is 319 g/mol. The summed E-state index contributed by atoms with van der Waals surface area (Å²) in [7, 11) is 4.37. The third-order valence-corrected chi connectivity index (χ3v) is 5.38. The summed E-state index contributed by atoms with van der Waals surface area (Å²) in [6.07, 6.45) is 2.38. The van der Waals surface area contributed by atoms with Crippen molar-refractivity contribution >= 4 is 22.8 Å². The number of para-hydroxylation sites is 1. The number of fused-ring (bicyclic) bond motifs is 2. The largest absolute Gasteiger partial charge is 0.342 e. The second-order valence-electron chi connectivity index (χ2n) is 7.14. The zero-order valence-corrected chi connectivity index (χ0v) is 14.8. The molecule has 4 rings (SSSR count). The first-order valence-electron chi connectivity index (χ1n) is 8.84. The summed E-state index contributed by atoms with van der Waals surface area (Å²) in [4.78, 5) is 9.90. The van der Waals surface area contributed by atoms with Gasteiger partial charge >= 0.3 is 0 Å². The number of rotatable bonds is 1. The quantitative estimate of drug-likeness (QED) is 0.768. The summed E-state index contributed by atoms with van der Waals surface area (Å²) >= 11 is 0. The van der Waals surface area contributed by atoms with E-state index < -0.39 is 0 Å². The predicted octanol–water partition coefficient (Wildman–Crippen LogP) is 4.54. The molecule has 2 aliphatic heterocycles. The highest BCUT2D eigenvalue weighted by atomic mass is 15.1. The SMILES string of the molecule is Cc1ccc2c(c1)N=C(C1CCN(C)CC1)c1ccccc1N2C. The molecule has 3 heteroatoms. The Morgan fingerprint density at radius 1 is 0.958 bits per heavy atom. The highest BCUT2D eigenvalue weighted by molar-refractivity contribution is 6.10. The van der Waals surface area contributed by atoms with Gasteiger partial charge in [0, 0.05) is 18.5 Å². The molecule has 0 aliphatic carbocycles. The van der Waals surface area contributed by atoms with Crippen LogP contribution >= 0.6 is 0 Å². The molecule has 0 atom stereocenters. The van der Waals surface area contributed by atoms with Crippen molar-refractivity contribution < 1.29 is 0 Å². The van der Waals surface area contributed by atoms with Crippen molar-refractivity contribution in [1.29, 1.82) is 0 Å². The van der Waals surface area contributed by atoms with E-state index in [-0.39, 0.29) is 0 Å². The van der Waals surface area contributed by atoms with Crippen LogP contribution in [0.25, 0.3) is 0 Å². The zero-order valence-electron chi connectivity index (χ0n) is 14.8. The van der Waals surface area contributed by atoms with Crippen molar-refractivity contribution in [1.82, 2.24) is 4.90 Å². The number of piperidine rings is 1. The van der Waals surface area contributed by atoms with Crippen LogP contribution in [0, 0.1) is 12.8 Å². The van der Waals surface area contributed by atoms with Gasteiger partial charge in [0.05, 0.1) is 22.8 Å². The van der Waals surface area contributed by atoms with Crippen LogP contribution in [0.3, 0.4) is 0 Å². The van der Waals surface area contributed by atoms with Crippen molar-refractivity contribution in [3.05, 3.63) is 53.6 Å². The Kier molecular flexibility index (Phi) is 3.89. The lowest BCUT2D eigenvalue weighted by molar-refractivity contribution is 0.252. The molecule has 0 saturated carbocycles. The molecule has 1 saturated heterocycles. The smallest absolute Gasteiger partial charge is 0.0872 e. The molecule has 2 aliphatic rings. The second kappa shape index (κ2) is 6.06. The number of anilines is 2. The Bertz CT molecular complexity index is 785. The summed E-state index contributed by atoms with van der Waals surface area (Å²) in [5.41, 5.74) is 7.38. The number of hydrogen-bond donors (Lipinski definition) is 0. The predicted molar refractivity (Wildman–Crippen MR) is 102 cm³/mol. The third-order valence-electron chi connectivity index (χ3n) is 5.38. The van der Waals surface area contributed by atoms with Gasteiger partial charge in [-0.25, -0.2) is 0 Å². The molecule has 3 nitrogen and oxygen atoms in total. The van der Waals surface area contributed by atoms with Crippen LogP contribution in [0.2, 0.25) is 0 Å². The maximum absolute atomic E-state index is 5.20. The minimum absolute atomic E-state index is 0.544. The number of nitrogens with zero attached hydrogens (tertiary/aromatic N) is 3. The molecule has 0 bridgehead atoms. The van der Waals surface area contributed by atoms with E-state index in [2.05, 4.69) is 73.3 Å². The molecule has 124 valence electrons. The Balaban J connectivity index is 1.88. The van der Waals surface area contributed by atoms with E-state index >= 15 is 0 Å². The third kappa shape index (κ3) is 2.63. The molecule has 0 amide bonds. The van der Waals surface area contributed by atoms with Crippen LogP contribution in [0.5, 0.6) is 0 Å². The first-order valence-corrected chi connectivity index (χ1v) is 8.84. The van der Waals surface area contributed by atoms with Crippen molar-refractivity contribution in [2.75, 3.05) is 32.1 Å². The van der Waals surface area contributed by atoms with E-state index in [9.17, 15) is 0 Å². The minimum Gasteiger partial charge on any atom is -0.342 e. The van der Waals surface area contributed by atoms with Gasteiger partial charge in [-0.15, -0.1) is 0 Å². The number of likely N-dealkylation sites (tertiary alicyclic amines) is 1. The molecule has 0 aromatic heterocycles. The van der Waals surface area contributed by atoms with Crippen molar-refractivity contribution in [3.63, 3.8) is 0 Å². The first-order chi connectivity index (χ1) is 11.6. The molecule has 0 N–H and O–H groups in total. The van der Waals surface area contributed by atoms with E-state index in [1.807, 2.05) is 0 Å². The molecule has 1 fully saturated rings. The standard InChI is InChI=1S/C21H25N3/c1-15-8-9-20-18(14-15)22-21(16-10-12-23(2)13-11-16)17-6-4-5-7-19(17)24(20)3/h4-9,14,16H,10-13H2,1-3H3. The summed E-state index contributed by atoms with van der Waals surface area (Å²) in [5, 5.41) is 0. The van der Waals surface area contributed by atoms with Gasteiger partial charge in [0.25, 0.3) is 0 Å². The van der Waals surface area contributed by atoms with E-state index in [1.165, 1.54) is 41.1 Å². The van der Waals surface area contributed by atoms with E-state index in [0.717, 1.165) is 18.8 Å². The fourth-order valence-corrected chi connectivity index (χ4v) is 3.90. The average Bonchev–Trinajstić information content (AvgIpc) is 2.71. The van der Waals surface area contributed by atoms with E-state index in [1.54, 1.807) is 0 Å². The molecular formula is C21H25N3. The van der Waals surface area contributed by atoms with Gasteiger partial charge in [-0.2, -0.15) is 0 Å². The van der Waals surface area contributed by atoms with Crippen LogP contribution in [0.4, 0.5) is 17.1 Å². The first kappa shape index (κ1) is 15.4. The molecule has 0 unspecified atom stereocenters. The van der Waals surface area contributed by atoms with Gasteiger partial charge < -0.3 is 9.80 Å². The number of hydrogen-bond acceptors (Lipinski definition) is 3. The molecule has 0 radical (unpaired) electrons. The Morgan fingerprint density at radius 3 is 2.50 bits per heavy atom. The Labute approximate surface area is 144 Å². The summed E-state index contributed by atoms with van der Waals surface area (Å²) < 4.78 is 0. The molecule has 2 heterocycles. The summed E-state index contributed by atoms with van der Waals surface area (Å²) in [5.74, 6) is 0.544. The Morgan fingerprint density at radius 2 is 1.71 bits per heavy atom. The summed E-state index contributed by atoms with van der Waals surface area (Å²) in [6, 6.07) is 15.3. The highest BCUT2D eigenvalue weighted by Crippen LogP contribution is 2.41. The highest BCUT2D eigenvalue weighted by Gasteiger charge is 2.28. The van der Waals surface area contributed by atoms with Crippen LogP contribution in [-0.2, 0) is 0 Å². The van der Waals surface area contributed by atoms with Crippen molar-refractivity contribution in [3.8, 4) is 0 Å². The van der Waals surface area contributed by atoms with E-state index in [0.29, 0.717) is 5.92 Å². The zero-order chi connectivity index (χ0) is 16.7.